The summed E-state index contributed by atoms with van der Waals surface area (Å²) in [4.78, 5) is 0. The first-order chi connectivity index (χ1) is 16.7. The van der Waals surface area contributed by atoms with Gasteiger partial charge in [-0.05, 0) is 75.0 Å². The first-order valence-electron chi connectivity index (χ1n) is 13.9. The Hall–Kier alpha value is -0.630. The van der Waals surface area contributed by atoms with Crippen molar-refractivity contribution in [2.75, 3.05) is 0 Å². The molecule has 2 aliphatic carbocycles. The smallest absolute Gasteiger partial charge is 0.199 e. The number of halogens is 9. The molecule has 2 fully saturated rings. The van der Waals surface area contributed by atoms with Gasteiger partial charge in [0.15, 0.2) is 0 Å². The highest BCUT2D eigenvalue weighted by molar-refractivity contribution is 5.04. The minimum Gasteiger partial charge on any atom is -0.199 e. The van der Waals surface area contributed by atoms with E-state index in [1.165, 1.54) is 44.9 Å². The zero-order valence-electron chi connectivity index (χ0n) is 21.6. The van der Waals surface area contributed by atoms with Crippen molar-refractivity contribution >= 4 is 0 Å². The Kier molecular flexibility index (Phi) is 11.4. The Bertz CT molecular complexity index is 628. The summed E-state index contributed by atoms with van der Waals surface area (Å²) < 4.78 is 120. The molecule has 0 bridgehead atoms. The maximum absolute atomic E-state index is 14.3. The lowest BCUT2D eigenvalue weighted by molar-refractivity contribution is -0.404. The van der Waals surface area contributed by atoms with Gasteiger partial charge in [-0.1, -0.05) is 65.2 Å². The third-order valence-electron chi connectivity index (χ3n) is 8.94. The Balaban J connectivity index is 1.88. The van der Waals surface area contributed by atoms with Crippen LogP contribution in [0.5, 0.6) is 0 Å². The van der Waals surface area contributed by atoms with E-state index in [4.69, 9.17) is 0 Å². The van der Waals surface area contributed by atoms with E-state index in [9.17, 15) is 39.5 Å². The molecule has 0 amide bonds. The van der Waals surface area contributed by atoms with E-state index < -0.39 is 42.7 Å². The molecule has 0 saturated heterocycles. The quantitative estimate of drug-likeness (QED) is 0.162. The van der Waals surface area contributed by atoms with E-state index in [-0.39, 0.29) is 24.7 Å². The molecule has 0 aromatic rings. The lowest BCUT2D eigenvalue weighted by Crippen LogP contribution is -2.63. The van der Waals surface area contributed by atoms with Gasteiger partial charge in [0.1, 0.15) is 0 Å². The average Bonchev–Trinajstić information content (AvgIpc) is 2.82. The van der Waals surface area contributed by atoms with Crippen LogP contribution >= 0.6 is 0 Å². The van der Waals surface area contributed by atoms with Crippen molar-refractivity contribution in [3.63, 3.8) is 0 Å². The van der Waals surface area contributed by atoms with Crippen LogP contribution in [0.3, 0.4) is 0 Å². The molecule has 214 valence electrons. The molecule has 1 unspecified atom stereocenters. The van der Waals surface area contributed by atoms with Crippen molar-refractivity contribution in [1.29, 1.82) is 0 Å². The minimum atomic E-state index is -6.79. The summed E-state index contributed by atoms with van der Waals surface area (Å²) in [7, 11) is 0. The Labute approximate surface area is 210 Å². The van der Waals surface area contributed by atoms with E-state index in [1.54, 1.807) is 0 Å². The lowest BCUT2D eigenvalue weighted by Gasteiger charge is -2.43. The molecular formula is C27H43F9. The lowest BCUT2D eigenvalue weighted by atomic mass is 9.65. The van der Waals surface area contributed by atoms with Crippen molar-refractivity contribution in [2.45, 2.75) is 141 Å². The Morgan fingerprint density at radius 3 is 1.53 bits per heavy atom. The molecular weight excluding hydrogens is 495 g/mol. The highest BCUT2D eigenvalue weighted by Gasteiger charge is 2.82. The first-order valence-corrected chi connectivity index (χ1v) is 13.9. The largest absolute Gasteiger partial charge is 0.460 e. The monoisotopic (exact) mass is 538 g/mol. The number of hydrogen-bond acceptors (Lipinski definition) is 0. The molecule has 0 aromatic heterocycles. The molecule has 2 saturated carbocycles. The molecule has 0 heterocycles. The van der Waals surface area contributed by atoms with E-state index >= 15 is 0 Å². The molecule has 2 rings (SSSR count). The number of unbranched alkanes of at least 4 members (excludes halogenated alkanes) is 4. The molecule has 36 heavy (non-hydrogen) atoms. The fourth-order valence-electron chi connectivity index (χ4n) is 6.68. The van der Waals surface area contributed by atoms with Crippen LogP contribution < -0.4 is 0 Å². The number of rotatable bonds is 13. The molecule has 0 aromatic carbocycles. The summed E-state index contributed by atoms with van der Waals surface area (Å²) in [6.07, 6.45) is 6.43. The SMILES string of the molecule is CCCCCCCC(CCC)[C@H]1CC[C@H](C2CCC(C(F)(F)C(F)(F)C(F)(F)C(F)(F)F)CC2)CC1. The molecule has 0 N–H and O–H groups in total. The standard InChI is InChI=1S/C27H43F9/c1-3-5-6-7-8-10-19(9-4-2)20-11-13-21(14-12-20)22-15-17-23(18-16-22)24(28,29)25(30,31)26(32,33)27(34,35)36/h19-23H,3-18H2,1-2H3/t19?,20-,21-,22?,23?. The van der Waals surface area contributed by atoms with Crippen LogP contribution in [0.1, 0.15) is 117 Å². The molecule has 2 aliphatic rings. The normalized spacial score (nSPS) is 27.8. The van der Waals surface area contributed by atoms with Crippen LogP contribution in [0.15, 0.2) is 0 Å². The fraction of sp³-hybridized carbons (Fsp3) is 1.00. The summed E-state index contributed by atoms with van der Waals surface area (Å²) in [5.74, 6) is -19.3. The third-order valence-corrected chi connectivity index (χ3v) is 8.94. The van der Waals surface area contributed by atoms with Gasteiger partial charge in [0.25, 0.3) is 0 Å². The maximum Gasteiger partial charge on any atom is 0.460 e. The fourth-order valence-corrected chi connectivity index (χ4v) is 6.68. The second kappa shape index (κ2) is 12.9. The average molecular weight is 539 g/mol. The van der Waals surface area contributed by atoms with Gasteiger partial charge in [-0.2, -0.15) is 39.5 Å². The highest BCUT2D eigenvalue weighted by Crippen LogP contribution is 2.58. The number of hydrogen-bond donors (Lipinski definition) is 0. The first kappa shape index (κ1) is 31.6. The summed E-state index contributed by atoms with van der Waals surface area (Å²) in [6.45, 7) is 4.38. The topological polar surface area (TPSA) is 0 Å². The second-order valence-corrected chi connectivity index (χ2v) is 11.3. The minimum absolute atomic E-state index is 0.0356. The van der Waals surface area contributed by atoms with E-state index in [0.717, 1.165) is 32.1 Å². The van der Waals surface area contributed by atoms with Gasteiger partial charge in [-0.25, -0.2) is 0 Å². The number of alkyl halides is 9. The van der Waals surface area contributed by atoms with E-state index in [0.29, 0.717) is 11.8 Å². The van der Waals surface area contributed by atoms with Gasteiger partial charge >= 0.3 is 23.9 Å². The predicted molar refractivity (Wildman–Crippen MR) is 124 cm³/mol. The van der Waals surface area contributed by atoms with Gasteiger partial charge in [-0.3, -0.25) is 0 Å². The molecule has 0 radical (unpaired) electrons. The molecule has 0 aliphatic heterocycles. The van der Waals surface area contributed by atoms with Crippen molar-refractivity contribution in [3.8, 4) is 0 Å². The molecule has 0 nitrogen and oxygen atoms in total. The van der Waals surface area contributed by atoms with Gasteiger partial charge < -0.3 is 0 Å². The zero-order valence-corrected chi connectivity index (χ0v) is 21.6. The van der Waals surface area contributed by atoms with Crippen LogP contribution in [-0.2, 0) is 0 Å². The van der Waals surface area contributed by atoms with Crippen molar-refractivity contribution < 1.29 is 39.5 Å². The third kappa shape index (κ3) is 7.06. The highest BCUT2D eigenvalue weighted by atomic mass is 19.4. The van der Waals surface area contributed by atoms with Crippen LogP contribution in [0.2, 0.25) is 0 Å². The van der Waals surface area contributed by atoms with Crippen LogP contribution in [0.4, 0.5) is 39.5 Å². The van der Waals surface area contributed by atoms with E-state index in [2.05, 4.69) is 13.8 Å². The second-order valence-electron chi connectivity index (χ2n) is 11.3. The molecule has 9 heteroatoms. The van der Waals surface area contributed by atoms with Gasteiger partial charge in [0, 0.05) is 5.92 Å². The van der Waals surface area contributed by atoms with Crippen molar-refractivity contribution in [3.05, 3.63) is 0 Å². The Morgan fingerprint density at radius 1 is 0.556 bits per heavy atom. The van der Waals surface area contributed by atoms with Crippen molar-refractivity contribution in [1.82, 2.24) is 0 Å². The predicted octanol–water partition coefficient (Wildman–Crippen LogP) is 10.8. The van der Waals surface area contributed by atoms with Gasteiger partial charge in [-0.15, -0.1) is 0 Å². The van der Waals surface area contributed by atoms with Gasteiger partial charge in [0.2, 0.25) is 0 Å². The van der Waals surface area contributed by atoms with Gasteiger partial charge in [0.05, 0.1) is 0 Å². The molecule has 1 atom stereocenters. The summed E-state index contributed by atoms with van der Waals surface area (Å²) in [5, 5.41) is 0. The van der Waals surface area contributed by atoms with Crippen LogP contribution in [0, 0.1) is 29.6 Å². The summed E-state index contributed by atoms with van der Waals surface area (Å²) in [5.41, 5.74) is 0. The zero-order chi connectivity index (χ0) is 27.2. The van der Waals surface area contributed by atoms with Crippen LogP contribution in [-0.4, -0.2) is 23.9 Å². The summed E-state index contributed by atoms with van der Waals surface area (Å²) in [6, 6.07) is 0. The molecule has 0 spiro atoms. The summed E-state index contributed by atoms with van der Waals surface area (Å²) >= 11 is 0. The maximum atomic E-state index is 14.3. The van der Waals surface area contributed by atoms with Crippen LogP contribution in [0.25, 0.3) is 0 Å². The van der Waals surface area contributed by atoms with Crippen molar-refractivity contribution in [2.24, 2.45) is 29.6 Å². The Morgan fingerprint density at radius 2 is 1.06 bits per heavy atom. The van der Waals surface area contributed by atoms with E-state index in [1.807, 2.05) is 0 Å².